The lowest BCUT2D eigenvalue weighted by atomic mass is 9.98. The van der Waals surface area contributed by atoms with Crippen LogP contribution in [0.1, 0.15) is 5.56 Å². The molecular formula is C20H15BrClN3O4. The van der Waals surface area contributed by atoms with Crippen LogP contribution >= 0.6 is 27.5 Å². The summed E-state index contributed by atoms with van der Waals surface area (Å²) in [5.74, 6) is -2.81. The van der Waals surface area contributed by atoms with E-state index in [-0.39, 0.29) is 5.71 Å². The van der Waals surface area contributed by atoms with Crippen LogP contribution in [0.2, 0.25) is 5.02 Å². The Labute approximate surface area is 180 Å². The molecule has 0 radical (unpaired) electrons. The smallest absolute Gasteiger partial charge is 0.355 e. The molecule has 2 amide bonds. The van der Waals surface area contributed by atoms with Crippen LogP contribution in [0.4, 0.5) is 11.4 Å². The number of amides is 2. The Morgan fingerprint density at radius 1 is 1.14 bits per heavy atom. The number of hydrazone groups is 1. The molecule has 29 heavy (non-hydrogen) atoms. The van der Waals surface area contributed by atoms with Crippen molar-refractivity contribution in [3.05, 3.63) is 57.5 Å². The summed E-state index contributed by atoms with van der Waals surface area (Å²) in [6.07, 6.45) is 0. The molecule has 7 nitrogen and oxygen atoms in total. The van der Waals surface area contributed by atoms with Gasteiger partial charge in [-0.1, -0.05) is 33.6 Å². The molecule has 2 aliphatic heterocycles. The molecule has 2 heterocycles. The summed E-state index contributed by atoms with van der Waals surface area (Å²) >= 11 is 9.55. The van der Waals surface area contributed by atoms with Crippen LogP contribution in [0.15, 0.2) is 52.0 Å². The molecule has 2 aromatic rings. The minimum absolute atomic E-state index is 0.0963. The number of rotatable bonds is 3. The van der Waals surface area contributed by atoms with E-state index in [1.54, 1.807) is 49.4 Å². The minimum Gasteiger partial charge on any atom is -0.464 e. The van der Waals surface area contributed by atoms with Gasteiger partial charge >= 0.3 is 5.97 Å². The van der Waals surface area contributed by atoms with Gasteiger partial charge in [-0.05, 0) is 48.9 Å². The van der Waals surface area contributed by atoms with Crippen molar-refractivity contribution in [3.63, 3.8) is 0 Å². The predicted molar refractivity (Wildman–Crippen MR) is 112 cm³/mol. The molecular weight excluding hydrogens is 462 g/mol. The fraction of sp³-hybridized carbons (Fsp3) is 0.200. The number of hydrogen-bond donors (Lipinski definition) is 0. The number of carbonyl (C=O) groups excluding carboxylic acids is 3. The van der Waals surface area contributed by atoms with Gasteiger partial charge in [-0.15, -0.1) is 0 Å². The third-order valence-corrected chi connectivity index (χ3v) is 5.95. The largest absolute Gasteiger partial charge is 0.464 e. The summed E-state index contributed by atoms with van der Waals surface area (Å²) in [6.45, 7) is 1.73. The van der Waals surface area contributed by atoms with E-state index in [2.05, 4.69) is 21.0 Å². The zero-order valence-corrected chi connectivity index (χ0v) is 17.8. The van der Waals surface area contributed by atoms with Gasteiger partial charge in [0.15, 0.2) is 5.71 Å². The molecule has 148 valence electrons. The maximum atomic E-state index is 13.4. The Morgan fingerprint density at radius 2 is 1.83 bits per heavy atom. The highest BCUT2D eigenvalue weighted by atomic mass is 79.9. The number of esters is 1. The molecule has 9 heteroatoms. The van der Waals surface area contributed by atoms with Gasteiger partial charge in [-0.3, -0.25) is 14.6 Å². The van der Waals surface area contributed by atoms with Crippen LogP contribution in [0.3, 0.4) is 0 Å². The van der Waals surface area contributed by atoms with E-state index in [9.17, 15) is 14.4 Å². The van der Waals surface area contributed by atoms with Crippen molar-refractivity contribution in [1.82, 2.24) is 0 Å². The van der Waals surface area contributed by atoms with E-state index in [1.807, 2.05) is 0 Å². The maximum absolute atomic E-state index is 13.4. The van der Waals surface area contributed by atoms with Crippen molar-refractivity contribution < 1.29 is 19.1 Å². The summed E-state index contributed by atoms with van der Waals surface area (Å²) in [4.78, 5) is 40.0. The molecule has 2 aromatic carbocycles. The lowest BCUT2D eigenvalue weighted by Gasteiger charge is -2.23. The third-order valence-electron chi connectivity index (χ3n) is 5.01. The summed E-state index contributed by atoms with van der Waals surface area (Å²) in [5.41, 5.74) is 1.47. The number of methoxy groups -OCH3 is 1. The Balaban J connectivity index is 1.83. The highest BCUT2D eigenvalue weighted by Gasteiger charge is 2.59. The third kappa shape index (κ3) is 3.03. The van der Waals surface area contributed by atoms with Crippen LogP contribution in [-0.4, -0.2) is 36.6 Å². The number of nitrogens with zero attached hydrogens (tertiary/aromatic N) is 3. The number of halogens is 2. The van der Waals surface area contributed by atoms with E-state index in [0.717, 1.165) is 9.37 Å². The molecule has 2 aliphatic rings. The van der Waals surface area contributed by atoms with Crippen molar-refractivity contribution >= 4 is 62.4 Å². The molecule has 0 aliphatic carbocycles. The zero-order valence-electron chi connectivity index (χ0n) is 15.4. The number of ether oxygens (including phenoxy) is 1. The first-order valence-electron chi connectivity index (χ1n) is 8.69. The van der Waals surface area contributed by atoms with Gasteiger partial charge in [0.2, 0.25) is 5.91 Å². The van der Waals surface area contributed by atoms with Crippen molar-refractivity contribution in [2.75, 3.05) is 17.0 Å². The normalized spacial score (nSPS) is 20.8. The fourth-order valence-corrected chi connectivity index (χ4v) is 4.00. The number of hydrogen-bond acceptors (Lipinski definition) is 6. The van der Waals surface area contributed by atoms with Crippen molar-refractivity contribution in [2.45, 2.75) is 13.0 Å². The summed E-state index contributed by atoms with van der Waals surface area (Å²) in [7, 11) is 1.21. The lowest BCUT2D eigenvalue weighted by molar-refractivity contribution is -0.133. The first-order valence-corrected chi connectivity index (χ1v) is 9.86. The topological polar surface area (TPSA) is 79.3 Å². The fourth-order valence-electron chi connectivity index (χ4n) is 3.57. The van der Waals surface area contributed by atoms with Crippen molar-refractivity contribution in [1.29, 1.82) is 0 Å². The number of carbonyl (C=O) groups is 3. The van der Waals surface area contributed by atoms with Crippen LogP contribution in [0.25, 0.3) is 0 Å². The molecule has 0 N–H and O–H groups in total. The van der Waals surface area contributed by atoms with Gasteiger partial charge in [0.25, 0.3) is 5.91 Å². The second-order valence-electron chi connectivity index (χ2n) is 6.62. The Kier molecular flexibility index (Phi) is 4.92. The second-order valence-corrected chi connectivity index (χ2v) is 7.94. The van der Waals surface area contributed by atoms with E-state index < -0.39 is 29.7 Å². The average molecular weight is 477 g/mol. The molecule has 2 atom stereocenters. The summed E-state index contributed by atoms with van der Waals surface area (Å²) in [6, 6.07) is 11.1. The van der Waals surface area contributed by atoms with E-state index >= 15 is 0 Å². The Hall–Kier alpha value is -2.71. The second kappa shape index (κ2) is 7.27. The molecule has 0 aromatic heterocycles. The van der Waals surface area contributed by atoms with Gasteiger partial charge in [-0.2, -0.15) is 5.10 Å². The van der Waals surface area contributed by atoms with Crippen molar-refractivity contribution in [2.24, 2.45) is 11.0 Å². The number of imide groups is 1. The SMILES string of the molecule is COC(=O)C1=NN(c2ccc(Br)cc2)[C@@H]2C(=O)N(c3cccc(Cl)c3C)C(=O)[C@H]12. The maximum Gasteiger partial charge on any atom is 0.355 e. The monoisotopic (exact) mass is 475 g/mol. The number of anilines is 2. The molecule has 1 fully saturated rings. The quantitative estimate of drug-likeness (QED) is 0.502. The van der Waals surface area contributed by atoms with E-state index in [0.29, 0.717) is 22.0 Å². The van der Waals surface area contributed by atoms with Crippen LogP contribution in [0.5, 0.6) is 0 Å². The van der Waals surface area contributed by atoms with Crippen LogP contribution in [0, 0.1) is 12.8 Å². The van der Waals surface area contributed by atoms with Crippen LogP contribution in [-0.2, 0) is 19.1 Å². The Morgan fingerprint density at radius 3 is 2.48 bits per heavy atom. The number of benzene rings is 2. The van der Waals surface area contributed by atoms with Gasteiger partial charge in [0, 0.05) is 9.50 Å². The highest BCUT2D eigenvalue weighted by molar-refractivity contribution is 9.10. The lowest BCUT2D eigenvalue weighted by Crippen LogP contribution is -2.39. The highest BCUT2D eigenvalue weighted by Crippen LogP contribution is 2.39. The molecule has 0 bridgehead atoms. The predicted octanol–water partition coefficient (Wildman–Crippen LogP) is 3.32. The first-order chi connectivity index (χ1) is 13.8. The van der Waals surface area contributed by atoms with Gasteiger partial charge < -0.3 is 4.74 Å². The minimum atomic E-state index is -1.06. The van der Waals surface area contributed by atoms with Crippen LogP contribution < -0.4 is 9.91 Å². The van der Waals surface area contributed by atoms with E-state index in [1.165, 1.54) is 12.1 Å². The van der Waals surface area contributed by atoms with Gasteiger partial charge in [0.1, 0.15) is 12.0 Å². The molecule has 0 saturated carbocycles. The first kappa shape index (κ1) is 19.6. The molecule has 0 spiro atoms. The molecule has 0 unspecified atom stereocenters. The average Bonchev–Trinajstić information content (AvgIpc) is 3.22. The molecule has 4 rings (SSSR count). The van der Waals surface area contributed by atoms with Crippen molar-refractivity contribution in [3.8, 4) is 0 Å². The standard InChI is InChI=1S/C20H15BrClN3O4/c1-10-13(22)4-3-5-14(10)24-18(26)15-16(20(28)29-2)23-25(17(15)19(24)27)12-8-6-11(21)7-9-12/h3-9,15,17H,1-2H3/t15-,17+/m1/s1. The van der Waals surface area contributed by atoms with E-state index in [4.69, 9.17) is 16.3 Å². The zero-order chi connectivity index (χ0) is 20.9. The summed E-state index contributed by atoms with van der Waals surface area (Å²) in [5, 5.41) is 6.12. The molecule has 1 saturated heterocycles. The summed E-state index contributed by atoms with van der Waals surface area (Å²) < 4.78 is 5.65. The van der Waals surface area contributed by atoms with Gasteiger partial charge in [0.05, 0.1) is 18.5 Å². The number of fused-ring (bicyclic) bond motifs is 1. The Bertz CT molecular complexity index is 1070. The van der Waals surface area contributed by atoms with Gasteiger partial charge in [-0.25, -0.2) is 9.69 Å².